The van der Waals surface area contributed by atoms with Crippen molar-refractivity contribution in [2.45, 2.75) is 44.7 Å². The normalized spacial score (nSPS) is 25.3. The minimum absolute atomic E-state index is 0.0648. The van der Waals surface area contributed by atoms with E-state index in [9.17, 15) is 5.11 Å². The van der Waals surface area contributed by atoms with Crippen LogP contribution in [0, 0.1) is 17.2 Å². The molecule has 1 aliphatic rings. The standard InChI is InChI=1S/C17H24N2O2/c1-14-5-7-17(13-20,8-6-14)19-12-15-3-2-4-16(11-15)21-10-9-18/h2-4,11,14,19-20H,5-8,10,12-13H2,1H3. The van der Waals surface area contributed by atoms with E-state index in [1.807, 2.05) is 30.3 Å². The third-order valence-electron chi connectivity index (χ3n) is 4.40. The molecule has 0 amide bonds. The van der Waals surface area contributed by atoms with Crippen LogP contribution in [0.1, 0.15) is 38.2 Å². The fraction of sp³-hybridized carbons (Fsp3) is 0.588. The molecule has 0 bridgehead atoms. The van der Waals surface area contributed by atoms with E-state index >= 15 is 0 Å². The van der Waals surface area contributed by atoms with Crippen LogP contribution in [-0.4, -0.2) is 23.9 Å². The summed E-state index contributed by atoms with van der Waals surface area (Å²) in [6, 6.07) is 9.72. The van der Waals surface area contributed by atoms with Crippen molar-refractivity contribution in [2.75, 3.05) is 13.2 Å². The zero-order valence-electron chi connectivity index (χ0n) is 12.6. The first-order valence-corrected chi connectivity index (χ1v) is 7.62. The highest BCUT2D eigenvalue weighted by Crippen LogP contribution is 2.31. The van der Waals surface area contributed by atoms with Gasteiger partial charge in [-0.05, 0) is 49.3 Å². The number of nitrogens with one attached hydrogen (secondary N) is 1. The summed E-state index contributed by atoms with van der Waals surface area (Å²) in [6.45, 7) is 3.23. The predicted molar refractivity (Wildman–Crippen MR) is 81.8 cm³/mol. The van der Waals surface area contributed by atoms with E-state index in [2.05, 4.69) is 12.2 Å². The SMILES string of the molecule is CC1CCC(CO)(NCc2cccc(OCC#N)c2)CC1. The Balaban J connectivity index is 1.93. The molecule has 0 unspecified atom stereocenters. The molecule has 2 rings (SSSR count). The summed E-state index contributed by atoms with van der Waals surface area (Å²) in [7, 11) is 0. The molecule has 4 heteroatoms. The summed E-state index contributed by atoms with van der Waals surface area (Å²) in [6.07, 6.45) is 4.38. The van der Waals surface area contributed by atoms with Gasteiger partial charge in [0.05, 0.1) is 6.61 Å². The van der Waals surface area contributed by atoms with Crippen LogP contribution in [-0.2, 0) is 6.54 Å². The van der Waals surface area contributed by atoms with Crippen molar-refractivity contribution in [3.63, 3.8) is 0 Å². The Morgan fingerprint density at radius 2 is 2.19 bits per heavy atom. The molecule has 1 aliphatic carbocycles. The molecular weight excluding hydrogens is 264 g/mol. The maximum atomic E-state index is 9.75. The molecule has 2 N–H and O–H groups in total. The fourth-order valence-corrected chi connectivity index (χ4v) is 2.86. The summed E-state index contributed by atoms with van der Waals surface area (Å²) in [5.74, 6) is 1.47. The molecule has 0 atom stereocenters. The molecule has 1 aromatic rings. The number of aliphatic hydroxyl groups is 1. The number of ether oxygens (including phenoxy) is 1. The van der Waals surface area contributed by atoms with Crippen molar-refractivity contribution in [3.8, 4) is 11.8 Å². The van der Waals surface area contributed by atoms with Crippen LogP contribution in [0.15, 0.2) is 24.3 Å². The summed E-state index contributed by atoms with van der Waals surface area (Å²) < 4.78 is 5.31. The van der Waals surface area contributed by atoms with Crippen molar-refractivity contribution in [2.24, 2.45) is 5.92 Å². The lowest BCUT2D eigenvalue weighted by atomic mass is 9.77. The maximum Gasteiger partial charge on any atom is 0.174 e. The average Bonchev–Trinajstić information content (AvgIpc) is 2.53. The molecule has 1 saturated carbocycles. The van der Waals surface area contributed by atoms with Crippen molar-refractivity contribution in [3.05, 3.63) is 29.8 Å². The van der Waals surface area contributed by atoms with Gasteiger partial charge in [0.25, 0.3) is 0 Å². The minimum atomic E-state index is -0.143. The summed E-state index contributed by atoms with van der Waals surface area (Å²) in [4.78, 5) is 0. The van der Waals surface area contributed by atoms with Crippen LogP contribution in [0.2, 0.25) is 0 Å². The first-order valence-electron chi connectivity index (χ1n) is 7.62. The Hall–Kier alpha value is -1.57. The third kappa shape index (κ3) is 4.45. The molecular formula is C17H24N2O2. The summed E-state index contributed by atoms with van der Waals surface area (Å²) >= 11 is 0. The lowest BCUT2D eigenvalue weighted by Crippen LogP contribution is -2.50. The van der Waals surface area contributed by atoms with E-state index in [1.54, 1.807) is 0 Å². The lowest BCUT2D eigenvalue weighted by Gasteiger charge is -2.39. The molecule has 0 aromatic heterocycles. The molecule has 0 spiro atoms. The Morgan fingerprint density at radius 3 is 2.86 bits per heavy atom. The van der Waals surface area contributed by atoms with Gasteiger partial charge in [0.15, 0.2) is 6.61 Å². The Labute approximate surface area is 126 Å². The van der Waals surface area contributed by atoms with Crippen molar-refractivity contribution >= 4 is 0 Å². The Bertz CT molecular complexity index is 488. The van der Waals surface area contributed by atoms with Gasteiger partial charge in [-0.2, -0.15) is 5.26 Å². The zero-order chi connectivity index (χ0) is 15.1. The molecule has 1 fully saturated rings. The number of aliphatic hydroxyl groups excluding tert-OH is 1. The van der Waals surface area contributed by atoms with Crippen LogP contribution < -0.4 is 10.1 Å². The second-order valence-corrected chi connectivity index (χ2v) is 6.07. The maximum absolute atomic E-state index is 9.75. The first kappa shape index (κ1) is 15.8. The zero-order valence-corrected chi connectivity index (χ0v) is 12.6. The van der Waals surface area contributed by atoms with Gasteiger partial charge < -0.3 is 15.2 Å². The largest absolute Gasteiger partial charge is 0.479 e. The van der Waals surface area contributed by atoms with Gasteiger partial charge in [-0.3, -0.25) is 0 Å². The summed E-state index contributed by atoms with van der Waals surface area (Å²) in [5, 5.41) is 21.8. The highest BCUT2D eigenvalue weighted by atomic mass is 16.5. The molecule has 4 nitrogen and oxygen atoms in total. The van der Waals surface area contributed by atoms with E-state index in [-0.39, 0.29) is 18.8 Å². The fourth-order valence-electron chi connectivity index (χ4n) is 2.86. The highest BCUT2D eigenvalue weighted by molar-refractivity contribution is 5.28. The number of hydrogen-bond acceptors (Lipinski definition) is 4. The molecule has 0 radical (unpaired) electrons. The van der Waals surface area contributed by atoms with E-state index < -0.39 is 0 Å². The molecule has 1 aromatic carbocycles. The van der Waals surface area contributed by atoms with E-state index in [0.717, 1.165) is 24.3 Å². The van der Waals surface area contributed by atoms with E-state index in [1.165, 1.54) is 12.8 Å². The van der Waals surface area contributed by atoms with Crippen LogP contribution in [0.3, 0.4) is 0 Å². The average molecular weight is 288 g/mol. The number of hydrogen-bond donors (Lipinski definition) is 2. The first-order chi connectivity index (χ1) is 10.2. The topological polar surface area (TPSA) is 65.3 Å². The van der Waals surface area contributed by atoms with Gasteiger partial charge in [-0.15, -0.1) is 0 Å². The minimum Gasteiger partial charge on any atom is -0.479 e. The molecule has 114 valence electrons. The molecule has 21 heavy (non-hydrogen) atoms. The Kier molecular flexibility index (Phi) is 5.60. The van der Waals surface area contributed by atoms with Gasteiger partial charge >= 0.3 is 0 Å². The second-order valence-electron chi connectivity index (χ2n) is 6.07. The van der Waals surface area contributed by atoms with Crippen molar-refractivity contribution in [1.29, 1.82) is 5.26 Å². The highest BCUT2D eigenvalue weighted by Gasteiger charge is 2.32. The predicted octanol–water partition coefficient (Wildman–Crippen LogP) is 2.62. The Morgan fingerprint density at radius 1 is 1.43 bits per heavy atom. The van der Waals surface area contributed by atoms with Crippen molar-refractivity contribution < 1.29 is 9.84 Å². The molecule has 0 heterocycles. The monoisotopic (exact) mass is 288 g/mol. The van der Waals surface area contributed by atoms with Crippen LogP contribution in [0.25, 0.3) is 0 Å². The van der Waals surface area contributed by atoms with Gasteiger partial charge in [0, 0.05) is 12.1 Å². The van der Waals surface area contributed by atoms with Gasteiger partial charge in [-0.1, -0.05) is 19.1 Å². The number of nitrogens with zero attached hydrogens (tertiary/aromatic N) is 1. The van der Waals surface area contributed by atoms with Crippen LogP contribution in [0.4, 0.5) is 0 Å². The van der Waals surface area contributed by atoms with Gasteiger partial charge in [0.1, 0.15) is 11.8 Å². The number of benzene rings is 1. The molecule has 0 aliphatic heterocycles. The third-order valence-corrected chi connectivity index (χ3v) is 4.40. The quantitative estimate of drug-likeness (QED) is 0.844. The van der Waals surface area contributed by atoms with Crippen molar-refractivity contribution in [1.82, 2.24) is 5.32 Å². The number of nitriles is 1. The van der Waals surface area contributed by atoms with Crippen LogP contribution >= 0.6 is 0 Å². The van der Waals surface area contributed by atoms with Crippen LogP contribution in [0.5, 0.6) is 5.75 Å². The molecule has 0 saturated heterocycles. The van der Waals surface area contributed by atoms with Gasteiger partial charge in [-0.25, -0.2) is 0 Å². The lowest BCUT2D eigenvalue weighted by molar-refractivity contribution is 0.104. The second kappa shape index (κ2) is 7.44. The smallest absolute Gasteiger partial charge is 0.174 e. The van der Waals surface area contributed by atoms with Gasteiger partial charge in [0.2, 0.25) is 0 Å². The van der Waals surface area contributed by atoms with E-state index in [4.69, 9.17) is 10.00 Å². The summed E-state index contributed by atoms with van der Waals surface area (Å²) in [5.41, 5.74) is 0.965. The number of rotatable bonds is 6. The van der Waals surface area contributed by atoms with E-state index in [0.29, 0.717) is 12.3 Å².